The summed E-state index contributed by atoms with van der Waals surface area (Å²) < 4.78 is 26.6. The van der Waals surface area contributed by atoms with Gasteiger partial charge in [-0.2, -0.15) is 15.1 Å². The third-order valence-electron chi connectivity index (χ3n) is 10.7. The molecule has 0 bridgehead atoms. The van der Waals surface area contributed by atoms with E-state index >= 15 is 0 Å². The molecule has 1 aliphatic heterocycles. The van der Waals surface area contributed by atoms with Crippen molar-refractivity contribution in [3.63, 3.8) is 0 Å². The van der Waals surface area contributed by atoms with Crippen molar-refractivity contribution in [1.29, 1.82) is 0 Å². The Bertz CT molecular complexity index is 2410. The van der Waals surface area contributed by atoms with Crippen LogP contribution < -0.4 is 26.0 Å². The topological polar surface area (TPSA) is 239 Å². The standard InChI is InChI=1S/C39H43N11O6S/c40-57(55,56)29-13-11-27(12-14-29)44-39(54)45-28-15-16-48(21-28)38-46-36(41-19-30(25-7-3-1-4-8-25)26-9-5-2-6-10-26)33-37(47-38)49(23-42-33)31-17-32(35(53)34(31)52)50-20-24(22-51)18-43-50/h1-14,18,20,23,28,30-32,34-35,51-53H,15-17,19,21-22H2,(H2,40,55,56)(H,41,46,47)(H2,44,45,54)/t28-,31-,32+,34+,35-/m1/s1. The molecule has 0 radical (unpaired) electrons. The van der Waals surface area contributed by atoms with Crippen molar-refractivity contribution in [2.45, 2.75) is 60.6 Å². The van der Waals surface area contributed by atoms with Crippen LogP contribution in [0.25, 0.3) is 11.2 Å². The molecule has 3 aromatic carbocycles. The number of carbonyl (C=O) groups excluding carboxylic acids is 1. The zero-order valence-corrected chi connectivity index (χ0v) is 31.5. The van der Waals surface area contributed by atoms with Crippen LogP contribution in [0.15, 0.2) is 109 Å². The van der Waals surface area contributed by atoms with E-state index in [4.69, 9.17) is 20.1 Å². The predicted molar refractivity (Wildman–Crippen MR) is 212 cm³/mol. The average molecular weight is 794 g/mol. The normalized spacial score (nSPS) is 21.0. The number of nitrogens with two attached hydrogens (primary N) is 1. The number of hydrogen-bond acceptors (Lipinski definition) is 12. The molecule has 0 unspecified atom stereocenters. The van der Waals surface area contributed by atoms with Crippen molar-refractivity contribution in [3.05, 3.63) is 120 Å². The maximum Gasteiger partial charge on any atom is 0.319 e. The number of urea groups is 1. The van der Waals surface area contributed by atoms with E-state index in [0.717, 1.165) is 11.1 Å². The van der Waals surface area contributed by atoms with Crippen LogP contribution in [0.3, 0.4) is 0 Å². The highest BCUT2D eigenvalue weighted by molar-refractivity contribution is 7.89. The van der Waals surface area contributed by atoms with E-state index in [-0.39, 0.29) is 23.5 Å². The molecule has 1 saturated heterocycles. The molecule has 2 fully saturated rings. The van der Waals surface area contributed by atoms with Crippen LogP contribution in [0.2, 0.25) is 0 Å². The number of aliphatic hydroxyl groups excluding tert-OH is 3. The van der Waals surface area contributed by atoms with Crippen LogP contribution in [0.4, 0.5) is 22.2 Å². The summed E-state index contributed by atoms with van der Waals surface area (Å²) in [5.41, 5.74) is 4.20. The molecule has 4 heterocycles. The zero-order valence-electron chi connectivity index (χ0n) is 30.7. The van der Waals surface area contributed by atoms with Gasteiger partial charge in [0.25, 0.3) is 0 Å². The molecule has 8 rings (SSSR count). The van der Waals surface area contributed by atoms with Gasteiger partial charge in [0.1, 0.15) is 12.2 Å². The lowest BCUT2D eigenvalue weighted by molar-refractivity contribution is 0.00720. The number of carbonyl (C=O) groups is 1. The molecule has 1 aliphatic carbocycles. The second-order valence-electron chi connectivity index (χ2n) is 14.4. The Hall–Kier alpha value is -5.92. The number of fused-ring (bicyclic) bond motifs is 1. The van der Waals surface area contributed by atoms with Gasteiger partial charge in [0.2, 0.25) is 16.0 Å². The number of nitrogens with zero attached hydrogens (tertiary/aromatic N) is 7. The first-order chi connectivity index (χ1) is 27.6. The molecule has 296 valence electrons. The Balaban J connectivity index is 1.07. The highest BCUT2D eigenvalue weighted by Crippen LogP contribution is 2.40. The number of benzene rings is 3. The summed E-state index contributed by atoms with van der Waals surface area (Å²) in [5, 5.41) is 51.0. The molecule has 2 amide bonds. The third kappa shape index (κ3) is 8.03. The van der Waals surface area contributed by atoms with E-state index in [1.54, 1.807) is 21.8 Å². The first-order valence-electron chi connectivity index (χ1n) is 18.6. The Morgan fingerprint density at radius 2 is 1.61 bits per heavy atom. The van der Waals surface area contributed by atoms with E-state index in [9.17, 15) is 28.5 Å². The number of nitrogens with one attached hydrogen (secondary N) is 3. The molecule has 3 aromatic heterocycles. The molecule has 57 heavy (non-hydrogen) atoms. The molecule has 2 aliphatic rings. The summed E-state index contributed by atoms with van der Waals surface area (Å²) >= 11 is 0. The van der Waals surface area contributed by atoms with E-state index < -0.39 is 40.3 Å². The van der Waals surface area contributed by atoms with Gasteiger partial charge in [-0.15, -0.1) is 0 Å². The Morgan fingerprint density at radius 1 is 0.930 bits per heavy atom. The van der Waals surface area contributed by atoms with Gasteiger partial charge >= 0.3 is 6.03 Å². The molecule has 6 aromatic rings. The zero-order chi connectivity index (χ0) is 39.7. The molecular weight excluding hydrogens is 751 g/mol. The lowest BCUT2D eigenvalue weighted by Gasteiger charge is -2.22. The predicted octanol–water partition coefficient (Wildman–Crippen LogP) is 2.71. The quantitative estimate of drug-likeness (QED) is 0.0947. The van der Waals surface area contributed by atoms with Crippen LogP contribution >= 0.6 is 0 Å². The fourth-order valence-corrected chi connectivity index (χ4v) is 8.23. The van der Waals surface area contributed by atoms with Gasteiger partial charge in [0.05, 0.1) is 36.1 Å². The van der Waals surface area contributed by atoms with E-state index in [0.29, 0.717) is 66.7 Å². The fourth-order valence-electron chi connectivity index (χ4n) is 7.71. The monoisotopic (exact) mass is 793 g/mol. The molecular formula is C39H43N11O6S. The van der Waals surface area contributed by atoms with Gasteiger partial charge in [-0.3, -0.25) is 4.68 Å². The summed E-state index contributed by atoms with van der Waals surface area (Å²) in [6.45, 7) is 1.21. The molecule has 5 atom stereocenters. The number of hydrogen-bond donors (Lipinski definition) is 7. The second-order valence-corrected chi connectivity index (χ2v) is 16.0. The molecule has 1 saturated carbocycles. The first-order valence-corrected chi connectivity index (χ1v) is 20.1. The lowest BCUT2D eigenvalue weighted by atomic mass is 9.91. The van der Waals surface area contributed by atoms with Crippen LogP contribution in [0.5, 0.6) is 0 Å². The lowest BCUT2D eigenvalue weighted by Crippen LogP contribution is -2.40. The van der Waals surface area contributed by atoms with Crippen molar-refractivity contribution < 1.29 is 28.5 Å². The van der Waals surface area contributed by atoms with Crippen molar-refractivity contribution in [2.24, 2.45) is 5.14 Å². The van der Waals surface area contributed by atoms with Gasteiger partial charge in [-0.25, -0.2) is 23.3 Å². The SMILES string of the molecule is NS(=O)(=O)c1ccc(NC(=O)N[C@@H]2CCN(c3nc(NCC(c4ccccc4)c4ccccc4)c4ncn([C@@H]5C[C@H](n6cc(CO)cn6)[C@@H](O)[C@H]5O)c4n3)C2)cc1. The van der Waals surface area contributed by atoms with Crippen molar-refractivity contribution >= 4 is 44.7 Å². The number of primary sulfonamides is 1. The second kappa shape index (κ2) is 15.9. The van der Waals surface area contributed by atoms with Crippen molar-refractivity contribution in [2.75, 3.05) is 35.2 Å². The number of aromatic nitrogens is 6. The van der Waals surface area contributed by atoms with Gasteiger partial charge in [0, 0.05) is 49.0 Å². The van der Waals surface area contributed by atoms with Gasteiger partial charge < -0.3 is 40.7 Å². The number of aliphatic hydroxyl groups is 3. The third-order valence-corrected chi connectivity index (χ3v) is 11.6. The van der Waals surface area contributed by atoms with E-state index in [1.807, 2.05) is 41.3 Å². The summed E-state index contributed by atoms with van der Waals surface area (Å²) in [5.74, 6) is 0.866. The van der Waals surface area contributed by atoms with Gasteiger partial charge in [-0.05, 0) is 48.2 Å². The number of sulfonamides is 1. The van der Waals surface area contributed by atoms with Crippen molar-refractivity contribution in [1.82, 2.24) is 34.6 Å². The first kappa shape index (κ1) is 38.0. The molecule has 17 nitrogen and oxygen atoms in total. The summed E-state index contributed by atoms with van der Waals surface area (Å²) in [7, 11) is -3.86. The largest absolute Gasteiger partial charge is 0.392 e. The van der Waals surface area contributed by atoms with Gasteiger partial charge in [0.15, 0.2) is 17.0 Å². The highest BCUT2D eigenvalue weighted by Gasteiger charge is 2.44. The Labute approximate surface area is 328 Å². The minimum atomic E-state index is -3.86. The van der Waals surface area contributed by atoms with Crippen molar-refractivity contribution in [3.8, 4) is 0 Å². The fraction of sp³-hybridized carbons (Fsp3) is 0.308. The summed E-state index contributed by atoms with van der Waals surface area (Å²) in [4.78, 5) is 29.6. The van der Waals surface area contributed by atoms with Gasteiger partial charge in [-0.1, -0.05) is 60.7 Å². The molecule has 0 spiro atoms. The number of amides is 2. The number of anilines is 3. The van der Waals surface area contributed by atoms with Crippen LogP contribution in [-0.2, 0) is 16.6 Å². The van der Waals surface area contributed by atoms with Crippen LogP contribution in [0, 0.1) is 0 Å². The Kier molecular flexibility index (Phi) is 10.6. The maximum absolute atomic E-state index is 13.0. The van der Waals surface area contributed by atoms with E-state index in [2.05, 4.69) is 45.3 Å². The average Bonchev–Trinajstić information content (AvgIpc) is 4.03. The Morgan fingerprint density at radius 3 is 2.26 bits per heavy atom. The van der Waals surface area contributed by atoms with Crippen LogP contribution in [-0.4, -0.2) is 97.0 Å². The smallest absolute Gasteiger partial charge is 0.319 e. The van der Waals surface area contributed by atoms with E-state index in [1.165, 1.54) is 30.5 Å². The number of rotatable bonds is 12. The summed E-state index contributed by atoms with van der Waals surface area (Å²) in [6.07, 6.45) is 3.42. The minimum absolute atomic E-state index is 0.0248. The highest BCUT2D eigenvalue weighted by atomic mass is 32.2. The molecule has 18 heteroatoms. The number of imidazole rings is 1. The maximum atomic E-state index is 13.0. The summed E-state index contributed by atoms with van der Waals surface area (Å²) in [6, 6.07) is 24.1. The molecule has 8 N–H and O–H groups in total. The van der Waals surface area contributed by atoms with Crippen LogP contribution in [0.1, 0.15) is 47.5 Å². The minimum Gasteiger partial charge on any atom is -0.392 e.